The highest BCUT2D eigenvalue weighted by atomic mass is 32.2. The SMILES string of the molecule is CC1=[N+](CCCCS(=O)(=O)O)c2ccccc2C1(C)CCCC(=O)O. The number of unbranched alkanes of at least 4 members (excludes halogenated alkanes) is 1. The highest BCUT2D eigenvalue weighted by Gasteiger charge is 2.45. The topological polar surface area (TPSA) is 94.7 Å². The van der Waals surface area contributed by atoms with E-state index in [2.05, 4.69) is 24.5 Å². The molecule has 0 fully saturated rings. The van der Waals surface area contributed by atoms with Crippen LogP contribution in [0.15, 0.2) is 24.3 Å². The van der Waals surface area contributed by atoms with E-state index in [0.29, 0.717) is 25.8 Å². The number of nitrogens with zero attached hydrogens (tertiary/aromatic N) is 1. The lowest BCUT2D eigenvalue weighted by molar-refractivity contribution is -0.439. The number of carboxylic acids is 1. The molecular weight excluding hydrogens is 342 g/mol. The molecule has 2 N–H and O–H groups in total. The number of fused-ring (bicyclic) bond motifs is 1. The molecule has 1 aliphatic heterocycles. The lowest BCUT2D eigenvalue weighted by atomic mass is 9.76. The van der Waals surface area contributed by atoms with Crippen LogP contribution in [0.1, 0.15) is 51.5 Å². The zero-order valence-corrected chi connectivity index (χ0v) is 15.6. The monoisotopic (exact) mass is 368 g/mol. The molecule has 1 aliphatic rings. The number of aliphatic carboxylic acids is 1. The second kappa shape index (κ2) is 7.66. The molecule has 0 saturated carbocycles. The van der Waals surface area contributed by atoms with Gasteiger partial charge in [0.15, 0.2) is 5.71 Å². The third kappa shape index (κ3) is 4.67. The molecule has 25 heavy (non-hydrogen) atoms. The number of carbonyl (C=O) groups is 1. The molecule has 0 saturated heterocycles. The number of benzene rings is 1. The van der Waals surface area contributed by atoms with Crippen molar-refractivity contribution in [2.45, 2.75) is 51.4 Å². The Kier molecular flexibility index (Phi) is 6.00. The first-order valence-electron chi connectivity index (χ1n) is 8.53. The van der Waals surface area contributed by atoms with Gasteiger partial charge in [-0.3, -0.25) is 9.35 Å². The van der Waals surface area contributed by atoms with Gasteiger partial charge in [-0.05, 0) is 26.2 Å². The summed E-state index contributed by atoms with van der Waals surface area (Å²) >= 11 is 0. The molecule has 1 aromatic carbocycles. The highest BCUT2D eigenvalue weighted by Crippen LogP contribution is 2.42. The van der Waals surface area contributed by atoms with E-state index < -0.39 is 16.1 Å². The van der Waals surface area contributed by atoms with Gasteiger partial charge in [-0.2, -0.15) is 13.0 Å². The summed E-state index contributed by atoms with van der Waals surface area (Å²) in [5.74, 6) is -1.01. The van der Waals surface area contributed by atoms with Crippen LogP contribution < -0.4 is 0 Å². The zero-order chi connectivity index (χ0) is 18.7. The van der Waals surface area contributed by atoms with Gasteiger partial charge < -0.3 is 5.11 Å². The van der Waals surface area contributed by atoms with Gasteiger partial charge in [-0.1, -0.05) is 18.2 Å². The van der Waals surface area contributed by atoms with E-state index in [9.17, 15) is 13.2 Å². The third-order valence-electron chi connectivity index (χ3n) is 5.09. The predicted molar refractivity (Wildman–Crippen MR) is 96.4 cm³/mol. The summed E-state index contributed by atoms with van der Waals surface area (Å²) < 4.78 is 32.8. The van der Waals surface area contributed by atoms with Crippen LogP contribution in [0.3, 0.4) is 0 Å². The summed E-state index contributed by atoms with van der Waals surface area (Å²) in [7, 11) is -3.92. The van der Waals surface area contributed by atoms with Gasteiger partial charge in [0, 0.05) is 31.4 Å². The summed E-state index contributed by atoms with van der Waals surface area (Å²) in [5.41, 5.74) is 3.23. The van der Waals surface area contributed by atoms with E-state index in [-0.39, 0.29) is 17.6 Å². The Morgan fingerprint density at radius 3 is 2.52 bits per heavy atom. The zero-order valence-electron chi connectivity index (χ0n) is 14.7. The Labute approximate surface area is 148 Å². The average molecular weight is 368 g/mol. The Morgan fingerprint density at radius 2 is 1.88 bits per heavy atom. The van der Waals surface area contributed by atoms with Gasteiger partial charge in [-0.25, -0.2) is 0 Å². The largest absolute Gasteiger partial charge is 0.481 e. The lowest BCUT2D eigenvalue weighted by Gasteiger charge is -2.21. The summed E-state index contributed by atoms with van der Waals surface area (Å²) in [6, 6.07) is 8.09. The Balaban J connectivity index is 2.18. The molecule has 7 heteroatoms. The lowest BCUT2D eigenvalue weighted by Crippen LogP contribution is -2.30. The van der Waals surface area contributed by atoms with Gasteiger partial charge in [0.05, 0.1) is 11.2 Å². The first-order valence-corrected chi connectivity index (χ1v) is 10.1. The quantitative estimate of drug-likeness (QED) is 0.397. The fourth-order valence-electron chi connectivity index (χ4n) is 3.60. The van der Waals surface area contributed by atoms with Crippen LogP contribution in [0.5, 0.6) is 0 Å². The maximum absolute atomic E-state index is 10.9. The van der Waals surface area contributed by atoms with E-state index in [0.717, 1.165) is 17.8 Å². The van der Waals surface area contributed by atoms with Crippen LogP contribution in [-0.4, -0.2) is 46.6 Å². The normalized spacial score (nSPS) is 20.0. The molecule has 1 aromatic rings. The summed E-state index contributed by atoms with van der Waals surface area (Å²) in [6.07, 6.45) is 2.56. The van der Waals surface area contributed by atoms with Crippen molar-refractivity contribution in [3.63, 3.8) is 0 Å². The number of hydrogen-bond donors (Lipinski definition) is 2. The first kappa shape index (κ1) is 19.6. The molecule has 1 heterocycles. The Bertz CT molecular complexity index is 784. The predicted octanol–water partition coefficient (Wildman–Crippen LogP) is 2.99. The third-order valence-corrected chi connectivity index (χ3v) is 5.90. The molecule has 2 rings (SSSR count). The van der Waals surface area contributed by atoms with Crippen molar-refractivity contribution in [1.29, 1.82) is 0 Å². The molecular formula is C18H26NO5S+. The minimum atomic E-state index is -3.92. The highest BCUT2D eigenvalue weighted by molar-refractivity contribution is 7.85. The van der Waals surface area contributed by atoms with Crippen LogP contribution in [0.25, 0.3) is 0 Å². The second-order valence-corrected chi connectivity index (χ2v) is 8.40. The molecule has 0 bridgehead atoms. The number of para-hydroxylation sites is 1. The first-order chi connectivity index (χ1) is 11.6. The van der Waals surface area contributed by atoms with E-state index >= 15 is 0 Å². The van der Waals surface area contributed by atoms with Crippen molar-refractivity contribution >= 4 is 27.5 Å². The van der Waals surface area contributed by atoms with Crippen molar-refractivity contribution in [2.24, 2.45) is 0 Å². The minimum Gasteiger partial charge on any atom is -0.481 e. The van der Waals surface area contributed by atoms with Crippen LogP contribution in [0.2, 0.25) is 0 Å². The number of rotatable bonds is 9. The van der Waals surface area contributed by atoms with E-state index in [4.69, 9.17) is 9.66 Å². The standard InChI is InChI=1S/C18H25NO5S/c1-14-18(2,11-7-10-17(20)21)15-8-3-4-9-16(15)19(14)12-5-6-13-25(22,23)24/h3-4,8-9H,5-7,10-13H2,1-2H3,(H-,20,21,22,23,24)/p+1. The smallest absolute Gasteiger partial charge is 0.303 e. The summed E-state index contributed by atoms with van der Waals surface area (Å²) in [4.78, 5) is 10.8. The molecule has 0 aliphatic carbocycles. The van der Waals surface area contributed by atoms with Crippen molar-refractivity contribution in [1.82, 2.24) is 0 Å². The van der Waals surface area contributed by atoms with Crippen LogP contribution in [0.4, 0.5) is 5.69 Å². The second-order valence-electron chi connectivity index (χ2n) is 6.83. The molecule has 1 atom stereocenters. The fraction of sp³-hybridized carbons (Fsp3) is 0.556. The Morgan fingerprint density at radius 1 is 1.20 bits per heavy atom. The fourth-order valence-corrected chi connectivity index (χ4v) is 4.17. The number of carboxylic acid groups (broad SMARTS) is 1. The summed E-state index contributed by atoms with van der Waals surface area (Å²) in [5, 5.41) is 8.91. The van der Waals surface area contributed by atoms with E-state index in [1.165, 1.54) is 5.56 Å². The molecule has 1 unspecified atom stereocenters. The molecule has 6 nitrogen and oxygen atoms in total. The van der Waals surface area contributed by atoms with Crippen molar-refractivity contribution in [2.75, 3.05) is 12.3 Å². The molecule has 138 valence electrons. The van der Waals surface area contributed by atoms with Gasteiger partial charge in [-0.15, -0.1) is 0 Å². The Hall–Kier alpha value is -1.73. The molecule has 0 amide bonds. The summed E-state index contributed by atoms with van der Waals surface area (Å²) in [6.45, 7) is 4.87. The van der Waals surface area contributed by atoms with Gasteiger partial charge >= 0.3 is 5.97 Å². The van der Waals surface area contributed by atoms with Gasteiger partial charge in [0.2, 0.25) is 5.69 Å². The maximum atomic E-state index is 10.9. The van der Waals surface area contributed by atoms with Crippen LogP contribution in [0, 0.1) is 0 Å². The molecule has 0 radical (unpaired) electrons. The van der Waals surface area contributed by atoms with Gasteiger partial charge in [0.25, 0.3) is 10.1 Å². The van der Waals surface area contributed by atoms with E-state index in [1.807, 2.05) is 18.2 Å². The number of hydrogen-bond acceptors (Lipinski definition) is 3. The maximum Gasteiger partial charge on any atom is 0.303 e. The molecule has 0 aromatic heterocycles. The van der Waals surface area contributed by atoms with Crippen molar-refractivity contribution in [3.05, 3.63) is 29.8 Å². The van der Waals surface area contributed by atoms with Crippen LogP contribution >= 0.6 is 0 Å². The average Bonchev–Trinajstić information content (AvgIpc) is 2.72. The van der Waals surface area contributed by atoms with Crippen molar-refractivity contribution in [3.8, 4) is 0 Å². The van der Waals surface area contributed by atoms with Gasteiger partial charge in [0.1, 0.15) is 6.54 Å². The molecule has 0 spiro atoms. The minimum absolute atomic E-state index is 0.152. The van der Waals surface area contributed by atoms with Crippen molar-refractivity contribution < 1.29 is 27.4 Å². The van der Waals surface area contributed by atoms with E-state index in [1.54, 1.807) is 0 Å². The van der Waals surface area contributed by atoms with Crippen LogP contribution in [-0.2, 0) is 20.3 Å².